The lowest BCUT2D eigenvalue weighted by atomic mass is 10.2. The van der Waals surface area contributed by atoms with Gasteiger partial charge in [0, 0.05) is 11.8 Å². The Morgan fingerprint density at radius 1 is 1.19 bits per heavy atom. The van der Waals surface area contributed by atoms with Gasteiger partial charge in [0.1, 0.15) is 5.82 Å². The van der Waals surface area contributed by atoms with Crippen molar-refractivity contribution in [2.45, 2.75) is 13.1 Å². The van der Waals surface area contributed by atoms with Gasteiger partial charge in [-0.25, -0.2) is 9.67 Å². The summed E-state index contributed by atoms with van der Waals surface area (Å²) in [7, 11) is 1.35. The zero-order valence-corrected chi connectivity index (χ0v) is 14.2. The molecule has 0 aliphatic rings. The zero-order valence-electron chi connectivity index (χ0n) is 14.2. The van der Waals surface area contributed by atoms with Crippen LogP contribution in [0.5, 0.6) is 5.88 Å². The first-order valence-corrected chi connectivity index (χ1v) is 7.58. The van der Waals surface area contributed by atoms with E-state index < -0.39 is 23.3 Å². The number of pyridine rings is 1. The lowest BCUT2D eigenvalue weighted by Gasteiger charge is -2.12. The number of alkyl halides is 3. The monoisotopic (exact) mass is 378 g/mol. The average molecular weight is 378 g/mol. The zero-order chi connectivity index (χ0) is 19.6. The number of rotatable bonds is 4. The van der Waals surface area contributed by atoms with Crippen LogP contribution in [0.25, 0.3) is 5.82 Å². The summed E-state index contributed by atoms with van der Waals surface area (Å²) in [4.78, 5) is 16.4. The molecule has 0 aliphatic carbocycles. The lowest BCUT2D eigenvalue weighted by molar-refractivity contribution is -0.143. The number of methoxy groups -OCH3 is 1. The fraction of sp³-hybridized carbons (Fsp3) is 0.188. The number of ether oxygens (including phenoxy) is 1. The van der Waals surface area contributed by atoms with Crippen LogP contribution in [-0.4, -0.2) is 38.0 Å². The molecule has 11 heteroatoms. The molecule has 3 aromatic heterocycles. The Morgan fingerprint density at radius 2 is 1.96 bits per heavy atom. The number of aromatic nitrogens is 5. The molecule has 0 aliphatic heterocycles. The fourth-order valence-electron chi connectivity index (χ4n) is 2.29. The Labute approximate surface area is 151 Å². The molecule has 3 heterocycles. The highest BCUT2D eigenvalue weighted by molar-refractivity contribution is 6.04. The van der Waals surface area contributed by atoms with Gasteiger partial charge in [0.25, 0.3) is 5.91 Å². The quantitative estimate of drug-likeness (QED) is 0.750. The van der Waals surface area contributed by atoms with Crippen LogP contribution < -0.4 is 10.1 Å². The van der Waals surface area contributed by atoms with E-state index in [4.69, 9.17) is 4.74 Å². The van der Waals surface area contributed by atoms with Crippen LogP contribution >= 0.6 is 0 Å². The molecular formula is C16H13F3N6O2. The molecule has 1 N–H and O–H groups in total. The van der Waals surface area contributed by atoms with Crippen molar-refractivity contribution in [2.75, 3.05) is 12.4 Å². The fourth-order valence-corrected chi connectivity index (χ4v) is 2.29. The largest absolute Gasteiger partial charge is 0.480 e. The van der Waals surface area contributed by atoms with E-state index in [0.717, 1.165) is 6.20 Å². The van der Waals surface area contributed by atoms with E-state index in [0.29, 0.717) is 10.4 Å². The van der Waals surface area contributed by atoms with Gasteiger partial charge in [-0.3, -0.25) is 4.79 Å². The number of halogens is 3. The molecule has 0 fully saturated rings. The summed E-state index contributed by atoms with van der Waals surface area (Å²) in [5.74, 6) is -0.947. The molecular weight excluding hydrogens is 365 g/mol. The first-order valence-electron chi connectivity index (χ1n) is 7.58. The first kappa shape index (κ1) is 18.3. The minimum absolute atomic E-state index is 0.128. The highest BCUT2D eigenvalue weighted by atomic mass is 19.4. The first-order chi connectivity index (χ1) is 12.8. The number of hydrogen-bond donors (Lipinski definition) is 1. The van der Waals surface area contributed by atoms with Gasteiger partial charge < -0.3 is 10.1 Å². The standard InChI is InChI=1S/C16H13F3N6O2/c1-9-4-3-5-11(21-9)22-15(26)10-8-20-25(14(10)16(17,18)19)12-6-7-13(27-2)24-23-12/h3-8H,1-2H3,(H,21,22,26). The van der Waals surface area contributed by atoms with Crippen LogP contribution in [0.2, 0.25) is 0 Å². The molecule has 1 amide bonds. The topological polar surface area (TPSA) is 94.8 Å². The van der Waals surface area contributed by atoms with Gasteiger partial charge in [-0.2, -0.15) is 18.3 Å². The van der Waals surface area contributed by atoms with Crippen molar-refractivity contribution in [1.29, 1.82) is 0 Å². The molecule has 3 rings (SSSR count). The second-order valence-electron chi connectivity index (χ2n) is 5.37. The SMILES string of the molecule is COc1ccc(-n2ncc(C(=O)Nc3cccc(C)n3)c2C(F)(F)F)nn1. The van der Waals surface area contributed by atoms with Gasteiger partial charge in [0.2, 0.25) is 5.88 Å². The van der Waals surface area contributed by atoms with Crippen LogP contribution in [-0.2, 0) is 6.18 Å². The van der Waals surface area contributed by atoms with Crippen molar-refractivity contribution in [2.24, 2.45) is 0 Å². The molecule has 3 aromatic rings. The third-order valence-corrected chi connectivity index (χ3v) is 3.46. The van der Waals surface area contributed by atoms with Gasteiger partial charge in [0.05, 0.1) is 18.9 Å². The number of carbonyl (C=O) groups excluding carboxylic acids is 1. The molecule has 0 atom stereocenters. The molecule has 0 radical (unpaired) electrons. The molecule has 140 valence electrons. The van der Waals surface area contributed by atoms with E-state index in [9.17, 15) is 18.0 Å². The van der Waals surface area contributed by atoms with Crippen molar-refractivity contribution in [1.82, 2.24) is 25.0 Å². The van der Waals surface area contributed by atoms with E-state index in [2.05, 4.69) is 25.6 Å². The highest BCUT2D eigenvalue weighted by Crippen LogP contribution is 2.33. The van der Waals surface area contributed by atoms with Crippen molar-refractivity contribution in [3.05, 3.63) is 53.5 Å². The van der Waals surface area contributed by atoms with Gasteiger partial charge in [-0.1, -0.05) is 6.07 Å². The Balaban J connectivity index is 2.00. The average Bonchev–Trinajstić information content (AvgIpc) is 3.07. The van der Waals surface area contributed by atoms with E-state index in [1.165, 1.54) is 25.3 Å². The summed E-state index contributed by atoms with van der Waals surface area (Å²) in [6.45, 7) is 1.69. The minimum Gasteiger partial charge on any atom is -0.480 e. The van der Waals surface area contributed by atoms with Crippen molar-refractivity contribution in [3.63, 3.8) is 0 Å². The van der Waals surface area contributed by atoms with Gasteiger partial charge in [-0.05, 0) is 25.1 Å². The highest BCUT2D eigenvalue weighted by Gasteiger charge is 2.41. The maximum Gasteiger partial charge on any atom is 0.434 e. The van der Waals surface area contributed by atoms with E-state index >= 15 is 0 Å². The molecule has 0 saturated heterocycles. The van der Waals surface area contributed by atoms with E-state index in [1.807, 2.05) is 0 Å². The predicted octanol–water partition coefficient (Wildman–Crippen LogP) is 2.65. The van der Waals surface area contributed by atoms with Crippen molar-refractivity contribution >= 4 is 11.7 Å². The number of aryl methyl sites for hydroxylation is 1. The number of nitrogens with zero attached hydrogens (tertiary/aromatic N) is 5. The number of anilines is 1. The van der Waals surface area contributed by atoms with E-state index in [-0.39, 0.29) is 17.5 Å². The van der Waals surface area contributed by atoms with Crippen LogP contribution in [0.15, 0.2) is 36.5 Å². The van der Waals surface area contributed by atoms with Gasteiger partial charge in [-0.15, -0.1) is 10.2 Å². The minimum atomic E-state index is -4.86. The Bertz CT molecular complexity index is 969. The molecule has 0 bridgehead atoms. The summed E-state index contributed by atoms with van der Waals surface area (Å²) in [5, 5.41) is 13.3. The van der Waals surface area contributed by atoms with Crippen LogP contribution in [0.4, 0.5) is 19.0 Å². The summed E-state index contributed by atoms with van der Waals surface area (Å²) in [6.07, 6.45) is -4.04. The Hall–Kier alpha value is -3.50. The molecule has 0 aromatic carbocycles. The summed E-state index contributed by atoms with van der Waals surface area (Å²) >= 11 is 0. The molecule has 0 unspecified atom stereocenters. The normalized spacial score (nSPS) is 11.3. The maximum atomic E-state index is 13.6. The predicted molar refractivity (Wildman–Crippen MR) is 87.6 cm³/mol. The summed E-state index contributed by atoms with van der Waals surface area (Å²) in [5.41, 5.74) is -1.33. The third kappa shape index (κ3) is 3.86. The molecule has 0 saturated carbocycles. The number of nitrogens with one attached hydrogen (secondary N) is 1. The van der Waals surface area contributed by atoms with Crippen LogP contribution in [0.3, 0.4) is 0 Å². The van der Waals surface area contributed by atoms with E-state index in [1.54, 1.807) is 19.1 Å². The third-order valence-electron chi connectivity index (χ3n) is 3.46. The number of carbonyl (C=O) groups is 1. The van der Waals surface area contributed by atoms with Crippen molar-refractivity contribution in [3.8, 4) is 11.7 Å². The lowest BCUT2D eigenvalue weighted by Crippen LogP contribution is -2.21. The Kier molecular flexibility index (Phi) is 4.75. The molecule has 27 heavy (non-hydrogen) atoms. The molecule has 8 nitrogen and oxygen atoms in total. The molecule has 0 spiro atoms. The second-order valence-corrected chi connectivity index (χ2v) is 5.37. The Morgan fingerprint density at radius 3 is 2.56 bits per heavy atom. The maximum absolute atomic E-state index is 13.6. The second kappa shape index (κ2) is 7.02. The smallest absolute Gasteiger partial charge is 0.434 e. The van der Waals surface area contributed by atoms with Crippen molar-refractivity contribution < 1.29 is 22.7 Å². The van der Waals surface area contributed by atoms with Gasteiger partial charge >= 0.3 is 6.18 Å². The summed E-state index contributed by atoms with van der Waals surface area (Å²) < 4.78 is 46.2. The number of hydrogen-bond acceptors (Lipinski definition) is 6. The summed E-state index contributed by atoms with van der Waals surface area (Å²) in [6, 6.07) is 7.37. The van der Waals surface area contributed by atoms with Gasteiger partial charge in [0.15, 0.2) is 11.5 Å². The number of amides is 1. The van der Waals surface area contributed by atoms with Crippen LogP contribution in [0, 0.1) is 6.92 Å². The van der Waals surface area contributed by atoms with Crippen LogP contribution in [0.1, 0.15) is 21.7 Å².